The van der Waals surface area contributed by atoms with Crippen molar-refractivity contribution in [2.45, 2.75) is 19.9 Å². The third-order valence-electron chi connectivity index (χ3n) is 4.32. The summed E-state index contributed by atoms with van der Waals surface area (Å²) >= 11 is 1.65. The minimum absolute atomic E-state index is 0.258. The summed E-state index contributed by atoms with van der Waals surface area (Å²) < 4.78 is 0. The molecule has 1 aliphatic heterocycles. The van der Waals surface area contributed by atoms with Gasteiger partial charge < -0.3 is 4.90 Å². The van der Waals surface area contributed by atoms with Gasteiger partial charge in [-0.1, -0.05) is 24.3 Å². The van der Waals surface area contributed by atoms with E-state index in [1.807, 2.05) is 16.3 Å². The molecule has 3 nitrogen and oxygen atoms in total. The SMILES string of the molecule is Cc1ccccc1CN1CCN(C(=O)Cc2ccsc2)CC1. The third-order valence-corrected chi connectivity index (χ3v) is 5.05. The molecule has 1 saturated heterocycles. The molecule has 0 bridgehead atoms. The summed E-state index contributed by atoms with van der Waals surface area (Å²) in [6.45, 7) is 6.76. The van der Waals surface area contributed by atoms with Crippen molar-refractivity contribution in [2.24, 2.45) is 0 Å². The fourth-order valence-electron chi connectivity index (χ4n) is 2.86. The number of hydrogen-bond donors (Lipinski definition) is 0. The first kappa shape index (κ1) is 15.3. The average Bonchev–Trinajstić information content (AvgIpc) is 3.03. The maximum absolute atomic E-state index is 12.3. The molecule has 2 aromatic rings. The highest BCUT2D eigenvalue weighted by molar-refractivity contribution is 7.07. The summed E-state index contributed by atoms with van der Waals surface area (Å²) in [5.41, 5.74) is 3.87. The van der Waals surface area contributed by atoms with Crippen LogP contribution in [0.1, 0.15) is 16.7 Å². The van der Waals surface area contributed by atoms with E-state index in [9.17, 15) is 4.79 Å². The van der Waals surface area contributed by atoms with E-state index in [1.165, 1.54) is 11.1 Å². The van der Waals surface area contributed by atoms with E-state index in [0.29, 0.717) is 6.42 Å². The second kappa shape index (κ2) is 7.07. The largest absolute Gasteiger partial charge is 0.340 e. The first-order chi connectivity index (χ1) is 10.7. The number of carbonyl (C=O) groups is 1. The molecule has 22 heavy (non-hydrogen) atoms. The van der Waals surface area contributed by atoms with Crippen molar-refractivity contribution in [1.29, 1.82) is 0 Å². The van der Waals surface area contributed by atoms with Crippen LogP contribution in [0, 0.1) is 6.92 Å². The van der Waals surface area contributed by atoms with Crippen molar-refractivity contribution in [3.8, 4) is 0 Å². The van der Waals surface area contributed by atoms with Crippen LogP contribution in [0.4, 0.5) is 0 Å². The molecule has 0 spiro atoms. The van der Waals surface area contributed by atoms with Crippen LogP contribution in [-0.4, -0.2) is 41.9 Å². The van der Waals surface area contributed by atoms with E-state index in [1.54, 1.807) is 11.3 Å². The van der Waals surface area contributed by atoms with Crippen molar-refractivity contribution in [2.75, 3.05) is 26.2 Å². The zero-order valence-electron chi connectivity index (χ0n) is 13.0. The predicted molar refractivity (Wildman–Crippen MR) is 91.1 cm³/mol. The predicted octanol–water partition coefficient (Wildman–Crippen LogP) is 2.94. The molecule has 0 saturated carbocycles. The summed E-state index contributed by atoms with van der Waals surface area (Å²) in [4.78, 5) is 16.7. The molecule has 3 rings (SSSR count). The van der Waals surface area contributed by atoms with Gasteiger partial charge in [0.1, 0.15) is 0 Å². The highest BCUT2D eigenvalue weighted by Crippen LogP contribution is 2.14. The Morgan fingerprint density at radius 1 is 1.14 bits per heavy atom. The third kappa shape index (κ3) is 3.76. The molecular formula is C18H22N2OS. The quantitative estimate of drug-likeness (QED) is 0.866. The summed E-state index contributed by atoms with van der Waals surface area (Å²) in [5, 5.41) is 4.09. The van der Waals surface area contributed by atoms with E-state index in [2.05, 4.69) is 41.5 Å². The molecule has 1 amide bonds. The van der Waals surface area contributed by atoms with Crippen LogP contribution in [-0.2, 0) is 17.8 Å². The Morgan fingerprint density at radius 3 is 2.59 bits per heavy atom. The van der Waals surface area contributed by atoms with E-state index in [4.69, 9.17) is 0 Å². The van der Waals surface area contributed by atoms with Gasteiger partial charge in [-0.3, -0.25) is 9.69 Å². The van der Waals surface area contributed by atoms with E-state index >= 15 is 0 Å². The van der Waals surface area contributed by atoms with Crippen LogP contribution in [0.5, 0.6) is 0 Å². The van der Waals surface area contributed by atoms with Gasteiger partial charge in [-0.2, -0.15) is 11.3 Å². The van der Waals surface area contributed by atoms with Crippen LogP contribution in [0.15, 0.2) is 41.1 Å². The van der Waals surface area contributed by atoms with Crippen molar-refractivity contribution < 1.29 is 4.79 Å². The minimum Gasteiger partial charge on any atom is -0.340 e. The lowest BCUT2D eigenvalue weighted by atomic mass is 10.1. The van der Waals surface area contributed by atoms with Gasteiger partial charge >= 0.3 is 0 Å². The number of hydrogen-bond acceptors (Lipinski definition) is 3. The lowest BCUT2D eigenvalue weighted by Crippen LogP contribution is -2.48. The molecule has 1 aromatic carbocycles. The molecule has 0 atom stereocenters. The van der Waals surface area contributed by atoms with Crippen molar-refractivity contribution in [3.63, 3.8) is 0 Å². The number of amides is 1. The zero-order chi connectivity index (χ0) is 15.4. The highest BCUT2D eigenvalue weighted by Gasteiger charge is 2.21. The number of nitrogens with zero attached hydrogens (tertiary/aromatic N) is 2. The van der Waals surface area contributed by atoms with Gasteiger partial charge in [-0.15, -0.1) is 0 Å². The van der Waals surface area contributed by atoms with Crippen molar-refractivity contribution in [1.82, 2.24) is 9.80 Å². The van der Waals surface area contributed by atoms with Gasteiger partial charge in [0.25, 0.3) is 0 Å². The molecule has 0 N–H and O–H groups in total. The fraction of sp³-hybridized carbons (Fsp3) is 0.389. The monoisotopic (exact) mass is 314 g/mol. The lowest BCUT2D eigenvalue weighted by Gasteiger charge is -2.35. The number of thiophene rings is 1. The molecule has 1 aliphatic rings. The van der Waals surface area contributed by atoms with Gasteiger partial charge in [-0.05, 0) is 40.4 Å². The first-order valence-electron chi connectivity index (χ1n) is 7.78. The van der Waals surface area contributed by atoms with Gasteiger partial charge in [0.05, 0.1) is 6.42 Å². The summed E-state index contributed by atoms with van der Waals surface area (Å²) in [6.07, 6.45) is 0.543. The summed E-state index contributed by atoms with van der Waals surface area (Å²) in [5.74, 6) is 0.258. The van der Waals surface area contributed by atoms with Gasteiger partial charge in [0.2, 0.25) is 5.91 Å². The number of rotatable bonds is 4. The molecular weight excluding hydrogens is 292 g/mol. The number of aryl methyl sites for hydroxylation is 1. The molecule has 2 heterocycles. The van der Waals surface area contributed by atoms with Gasteiger partial charge in [0, 0.05) is 32.7 Å². The van der Waals surface area contributed by atoms with Crippen LogP contribution in [0.2, 0.25) is 0 Å². The smallest absolute Gasteiger partial charge is 0.227 e. The Morgan fingerprint density at radius 2 is 1.91 bits per heavy atom. The molecule has 116 valence electrons. The molecule has 4 heteroatoms. The Hall–Kier alpha value is -1.65. The lowest BCUT2D eigenvalue weighted by molar-refractivity contribution is -0.132. The highest BCUT2D eigenvalue weighted by atomic mass is 32.1. The normalized spacial score (nSPS) is 16.0. The maximum Gasteiger partial charge on any atom is 0.227 e. The Labute approximate surface area is 136 Å². The van der Waals surface area contributed by atoms with E-state index in [0.717, 1.165) is 38.3 Å². The standard InChI is InChI=1S/C18H22N2OS/c1-15-4-2-3-5-17(15)13-19-7-9-20(10-8-19)18(21)12-16-6-11-22-14-16/h2-6,11,14H,7-10,12-13H2,1H3. The van der Waals surface area contributed by atoms with E-state index < -0.39 is 0 Å². The van der Waals surface area contributed by atoms with Crippen molar-refractivity contribution in [3.05, 3.63) is 57.8 Å². The molecule has 1 aromatic heterocycles. The zero-order valence-corrected chi connectivity index (χ0v) is 13.8. The Kier molecular flexibility index (Phi) is 4.90. The second-order valence-electron chi connectivity index (χ2n) is 5.89. The molecule has 0 aliphatic carbocycles. The van der Waals surface area contributed by atoms with Crippen LogP contribution >= 0.6 is 11.3 Å². The van der Waals surface area contributed by atoms with E-state index in [-0.39, 0.29) is 5.91 Å². The maximum atomic E-state index is 12.3. The number of benzene rings is 1. The van der Waals surface area contributed by atoms with Crippen LogP contribution in [0.25, 0.3) is 0 Å². The Bertz CT molecular complexity index is 616. The second-order valence-corrected chi connectivity index (χ2v) is 6.67. The summed E-state index contributed by atoms with van der Waals surface area (Å²) in [7, 11) is 0. The number of carbonyl (C=O) groups excluding carboxylic acids is 1. The number of piperazine rings is 1. The van der Waals surface area contributed by atoms with Gasteiger partial charge in [-0.25, -0.2) is 0 Å². The molecule has 0 radical (unpaired) electrons. The molecule has 1 fully saturated rings. The fourth-order valence-corrected chi connectivity index (χ4v) is 3.53. The summed E-state index contributed by atoms with van der Waals surface area (Å²) in [6, 6.07) is 10.6. The topological polar surface area (TPSA) is 23.6 Å². The van der Waals surface area contributed by atoms with Crippen molar-refractivity contribution >= 4 is 17.2 Å². The minimum atomic E-state index is 0.258. The average molecular weight is 314 g/mol. The van der Waals surface area contributed by atoms with Crippen LogP contribution in [0.3, 0.4) is 0 Å². The van der Waals surface area contributed by atoms with Crippen LogP contribution < -0.4 is 0 Å². The van der Waals surface area contributed by atoms with Gasteiger partial charge in [0.15, 0.2) is 0 Å². The molecule has 0 unspecified atom stereocenters. The Balaban J connectivity index is 1.50. The first-order valence-corrected chi connectivity index (χ1v) is 8.72.